The van der Waals surface area contributed by atoms with Gasteiger partial charge in [-0.2, -0.15) is 0 Å². The van der Waals surface area contributed by atoms with Crippen LogP contribution in [-0.2, 0) is 4.74 Å². The Kier molecular flexibility index (Phi) is 1.16. The number of rotatable bonds is 1. The fourth-order valence-corrected chi connectivity index (χ4v) is 0.532. The molecule has 1 aliphatic rings. The molecule has 0 N–H and O–H groups in total. The summed E-state index contributed by atoms with van der Waals surface area (Å²) in [6.07, 6.45) is 4.44. The van der Waals surface area contributed by atoms with Crippen molar-refractivity contribution in [1.82, 2.24) is 0 Å². The predicted molar refractivity (Wildman–Crippen MR) is 33.8 cm³/mol. The van der Waals surface area contributed by atoms with E-state index < -0.39 is 0 Å². The molecule has 0 bridgehead atoms. The highest BCUT2D eigenvalue weighted by atomic mass is 16.5. The lowest BCUT2D eigenvalue weighted by Crippen LogP contribution is -2.20. The first kappa shape index (κ1) is 5.83. The van der Waals surface area contributed by atoms with Crippen LogP contribution < -0.4 is 0 Å². The Labute approximate surface area is 50.3 Å². The quantitative estimate of drug-likeness (QED) is 0.469. The molecule has 1 rings (SSSR count). The van der Waals surface area contributed by atoms with Crippen LogP contribution in [0.1, 0.15) is 20.8 Å². The van der Waals surface area contributed by atoms with Crippen LogP contribution in [0.25, 0.3) is 0 Å². The van der Waals surface area contributed by atoms with E-state index in [0.717, 1.165) is 0 Å². The Balaban J connectivity index is 2.17. The van der Waals surface area contributed by atoms with Crippen LogP contribution in [0, 0.1) is 0 Å². The van der Waals surface area contributed by atoms with Crippen molar-refractivity contribution >= 4 is 0 Å². The van der Waals surface area contributed by atoms with Gasteiger partial charge in [0.05, 0.1) is 11.7 Å². The molecular weight excluding hydrogens is 100 g/mol. The zero-order valence-corrected chi connectivity index (χ0v) is 5.64. The third-order valence-corrected chi connectivity index (χ3v) is 0.839. The molecule has 0 aliphatic heterocycles. The molecule has 8 heavy (non-hydrogen) atoms. The summed E-state index contributed by atoms with van der Waals surface area (Å²) in [6, 6.07) is 0. The zero-order valence-electron chi connectivity index (χ0n) is 5.64. The van der Waals surface area contributed by atoms with Gasteiger partial charge in [-0.1, -0.05) is 12.2 Å². The van der Waals surface area contributed by atoms with Crippen LogP contribution in [-0.4, -0.2) is 11.7 Å². The number of ether oxygens (including phenoxy) is 1. The average molecular weight is 112 g/mol. The Morgan fingerprint density at radius 2 is 1.75 bits per heavy atom. The van der Waals surface area contributed by atoms with Gasteiger partial charge in [0.2, 0.25) is 0 Å². The summed E-state index contributed by atoms with van der Waals surface area (Å²) in [7, 11) is 0. The van der Waals surface area contributed by atoms with Gasteiger partial charge in [0, 0.05) is 0 Å². The van der Waals surface area contributed by atoms with Crippen LogP contribution in [0.5, 0.6) is 0 Å². The molecule has 46 valence electrons. The summed E-state index contributed by atoms with van der Waals surface area (Å²) in [5.41, 5.74) is 0.0220. The molecule has 0 heterocycles. The maximum absolute atomic E-state index is 5.44. The largest absolute Gasteiger partial charge is 0.364 e. The third kappa shape index (κ3) is 2.12. The van der Waals surface area contributed by atoms with E-state index in [1.165, 1.54) is 0 Å². The lowest BCUT2D eigenvalue weighted by molar-refractivity contribution is -0.00450. The molecule has 0 saturated heterocycles. The van der Waals surface area contributed by atoms with Gasteiger partial charge in [-0.3, -0.25) is 0 Å². The molecule has 1 heteroatoms. The first-order valence-electron chi connectivity index (χ1n) is 2.94. The van der Waals surface area contributed by atoms with Crippen molar-refractivity contribution in [2.75, 3.05) is 0 Å². The molecule has 0 aromatic rings. The van der Waals surface area contributed by atoms with Crippen LogP contribution in [0.15, 0.2) is 12.2 Å². The SMILES string of the molecule is CC(C)(C)OC1C=C1. The number of hydrogen-bond acceptors (Lipinski definition) is 1. The molecule has 0 spiro atoms. The highest BCUT2D eigenvalue weighted by Crippen LogP contribution is 2.18. The van der Waals surface area contributed by atoms with Crippen molar-refractivity contribution in [2.24, 2.45) is 0 Å². The summed E-state index contributed by atoms with van der Waals surface area (Å²) < 4.78 is 5.44. The Morgan fingerprint density at radius 3 is 1.88 bits per heavy atom. The molecule has 0 fully saturated rings. The topological polar surface area (TPSA) is 9.23 Å². The minimum absolute atomic E-state index is 0.0220. The first-order chi connectivity index (χ1) is 3.58. The van der Waals surface area contributed by atoms with Gasteiger partial charge < -0.3 is 4.74 Å². The van der Waals surface area contributed by atoms with Crippen LogP contribution in [0.3, 0.4) is 0 Å². The van der Waals surface area contributed by atoms with E-state index in [1.807, 2.05) is 12.2 Å². The maximum atomic E-state index is 5.44. The average Bonchev–Trinajstić information content (AvgIpc) is 2.12. The second kappa shape index (κ2) is 1.59. The lowest BCUT2D eigenvalue weighted by Gasteiger charge is -2.18. The van der Waals surface area contributed by atoms with Crippen LogP contribution >= 0.6 is 0 Å². The fourth-order valence-electron chi connectivity index (χ4n) is 0.532. The van der Waals surface area contributed by atoms with Crippen molar-refractivity contribution in [3.63, 3.8) is 0 Å². The second-order valence-corrected chi connectivity index (χ2v) is 3.08. The predicted octanol–water partition coefficient (Wildman–Crippen LogP) is 1.74. The van der Waals surface area contributed by atoms with E-state index in [4.69, 9.17) is 4.74 Å². The van der Waals surface area contributed by atoms with E-state index in [9.17, 15) is 0 Å². The highest BCUT2D eigenvalue weighted by Gasteiger charge is 2.19. The lowest BCUT2D eigenvalue weighted by atomic mass is 10.2. The molecule has 1 aliphatic carbocycles. The molecule has 0 amide bonds. The minimum atomic E-state index is 0.0220. The monoisotopic (exact) mass is 112 g/mol. The van der Waals surface area contributed by atoms with Crippen LogP contribution in [0.2, 0.25) is 0 Å². The van der Waals surface area contributed by atoms with Gasteiger partial charge >= 0.3 is 0 Å². The Bertz CT molecular complexity index is 102. The van der Waals surface area contributed by atoms with Gasteiger partial charge in [0.25, 0.3) is 0 Å². The van der Waals surface area contributed by atoms with Crippen molar-refractivity contribution in [3.8, 4) is 0 Å². The smallest absolute Gasteiger partial charge is 0.0946 e. The molecule has 0 saturated carbocycles. The van der Waals surface area contributed by atoms with Crippen LogP contribution in [0.4, 0.5) is 0 Å². The summed E-state index contributed by atoms with van der Waals surface area (Å²) in [4.78, 5) is 0. The van der Waals surface area contributed by atoms with E-state index in [0.29, 0.717) is 6.10 Å². The van der Waals surface area contributed by atoms with Crippen molar-refractivity contribution < 1.29 is 4.74 Å². The summed E-state index contributed by atoms with van der Waals surface area (Å²) in [6.45, 7) is 6.19. The normalized spacial score (nSPS) is 19.4. The van der Waals surface area contributed by atoms with E-state index in [1.54, 1.807) is 0 Å². The highest BCUT2D eigenvalue weighted by molar-refractivity contribution is 5.16. The molecule has 0 atom stereocenters. The molecular formula is C7H12O. The van der Waals surface area contributed by atoms with Crippen molar-refractivity contribution in [3.05, 3.63) is 12.2 Å². The van der Waals surface area contributed by atoms with Gasteiger partial charge in [0.15, 0.2) is 0 Å². The molecule has 0 unspecified atom stereocenters. The molecule has 1 nitrogen and oxygen atoms in total. The Morgan fingerprint density at radius 1 is 1.25 bits per heavy atom. The van der Waals surface area contributed by atoms with Gasteiger partial charge in [-0.15, -0.1) is 0 Å². The standard InChI is InChI=1S/C7H12O/c1-7(2,3)8-6-4-5-6/h4-6H,1-3H3. The molecule has 0 radical (unpaired) electrons. The Hall–Kier alpha value is -0.300. The summed E-state index contributed by atoms with van der Waals surface area (Å²) in [5, 5.41) is 0. The van der Waals surface area contributed by atoms with E-state index in [-0.39, 0.29) is 5.60 Å². The summed E-state index contributed by atoms with van der Waals surface area (Å²) in [5.74, 6) is 0. The number of hydrogen-bond donors (Lipinski definition) is 0. The van der Waals surface area contributed by atoms with Crippen molar-refractivity contribution in [2.45, 2.75) is 32.5 Å². The molecule has 0 aromatic heterocycles. The third-order valence-electron chi connectivity index (χ3n) is 0.839. The maximum Gasteiger partial charge on any atom is 0.0946 e. The minimum Gasteiger partial charge on any atom is -0.364 e. The zero-order chi connectivity index (χ0) is 6.20. The van der Waals surface area contributed by atoms with Crippen molar-refractivity contribution in [1.29, 1.82) is 0 Å². The fraction of sp³-hybridized carbons (Fsp3) is 0.714. The molecule has 0 aromatic carbocycles. The van der Waals surface area contributed by atoms with Gasteiger partial charge in [-0.05, 0) is 20.8 Å². The summed E-state index contributed by atoms with van der Waals surface area (Å²) >= 11 is 0. The van der Waals surface area contributed by atoms with E-state index in [2.05, 4.69) is 20.8 Å². The van der Waals surface area contributed by atoms with Gasteiger partial charge in [-0.25, -0.2) is 0 Å². The van der Waals surface area contributed by atoms with E-state index >= 15 is 0 Å². The van der Waals surface area contributed by atoms with Gasteiger partial charge in [0.1, 0.15) is 0 Å². The first-order valence-corrected chi connectivity index (χ1v) is 2.94. The second-order valence-electron chi connectivity index (χ2n) is 3.08.